The Labute approximate surface area is 207 Å². The first kappa shape index (κ1) is 24.0. The van der Waals surface area contributed by atoms with Crippen LogP contribution in [-0.2, 0) is 17.1 Å². The first-order chi connectivity index (χ1) is 16.3. The molecule has 4 rings (SSSR count). The summed E-state index contributed by atoms with van der Waals surface area (Å²) in [7, 11) is 2.03. The summed E-state index contributed by atoms with van der Waals surface area (Å²) in [6.45, 7) is 1.72. The van der Waals surface area contributed by atoms with Gasteiger partial charge in [-0.25, -0.2) is 4.79 Å². The van der Waals surface area contributed by atoms with Crippen LogP contribution in [0.5, 0.6) is 0 Å². The van der Waals surface area contributed by atoms with E-state index in [9.17, 15) is 14.7 Å². The summed E-state index contributed by atoms with van der Waals surface area (Å²) in [4.78, 5) is 28.7. The van der Waals surface area contributed by atoms with E-state index in [2.05, 4.69) is 22.8 Å². The van der Waals surface area contributed by atoms with Crippen LogP contribution in [0.1, 0.15) is 11.1 Å². The van der Waals surface area contributed by atoms with Crippen molar-refractivity contribution in [2.45, 2.75) is 12.3 Å². The van der Waals surface area contributed by atoms with Gasteiger partial charge >= 0.3 is 6.03 Å². The van der Waals surface area contributed by atoms with E-state index in [-0.39, 0.29) is 16.3 Å². The van der Waals surface area contributed by atoms with Crippen LogP contribution in [0.2, 0.25) is 10.0 Å². The van der Waals surface area contributed by atoms with Gasteiger partial charge in [-0.15, -0.1) is 0 Å². The summed E-state index contributed by atoms with van der Waals surface area (Å²) in [6, 6.07) is 20.5. The predicted octanol–water partition coefficient (Wildman–Crippen LogP) is 3.02. The number of nitrogens with zero attached hydrogens (tertiary/aromatic N) is 1. The topological polar surface area (TPSA) is 86.1 Å². The van der Waals surface area contributed by atoms with Crippen molar-refractivity contribution in [2.24, 2.45) is 0 Å². The van der Waals surface area contributed by atoms with Crippen LogP contribution in [-0.4, -0.2) is 37.2 Å². The Morgan fingerprint density at radius 1 is 1.06 bits per heavy atom. The number of hydrogen-bond donors (Lipinski definition) is 4. The number of quaternary nitrogens is 1. The highest BCUT2D eigenvalue weighted by Crippen LogP contribution is 2.41. The van der Waals surface area contributed by atoms with E-state index >= 15 is 0 Å². The van der Waals surface area contributed by atoms with Gasteiger partial charge in [-0.3, -0.25) is 9.69 Å². The highest BCUT2D eigenvalue weighted by atomic mass is 35.5. The second kappa shape index (κ2) is 10.0. The number of anilines is 2. The standard InChI is InChI=1S/C25H24Cl2N4O3/c1-30(16-17-7-3-2-4-8-17)14-13-28-23(32)25(34)19-9-5-6-10-22(19)29-24(33)31(25)18-11-12-20(26)21(27)15-18/h2-12,15,34H,13-14,16H2,1H3,(H,28,32)(H,29,33)/p+1. The lowest BCUT2D eigenvalue weighted by molar-refractivity contribution is -0.892. The van der Waals surface area contributed by atoms with Crippen LogP contribution in [0.25, 0.3) is 0 Å². The van der Waals surface area contributed by atoms with E-state index in [1.165, 1.54) is 28.7 Å². The van der Waals surface area contributed by atoms with Gasteiger partial charge in [0.15, 0.2) is 0 Å². The molecule has 4 N–H and O–H groups in total. The molecule has 9 heteroatoms. The highest BCUT2D eigenvalue weighted by molar-refractivity contribution is 6.42. The van der Waals surface area contributed by atoms with Crippen LogP contribution in [0.3, 0.4) is 0 Å². The molecule has 176 valence electrons. The molecule has 0 spiro atoms. The molecule has 1 aliphatic rings. The molecule has 3 aromatic rings. The smallest absolute Gasteiger partial charge is 0.329 e. The summed E-state index contributed by atoms with van der Waals surface area (Å²) < 4.78 is 0. The largest absolute Gasteiger partial charge is 0.359 e. The first-order valence-electron chi connectivity index (χ1n) is 10.8. The van der Waals surface area contributed by atoms with Gasteiger partial charge in [-0.1, -0.05) is 71.7 Å². The molecule has 0 aliphatic carbocycles. The van der Waals surface area contributed by atoms with Gasteiger partial charge in [-0.2, -0.15) is 0 Å². The van der Waals surface area contributed by atoms with E-state index < -0.39 is 17.7 Å². The molecule has 1 aliphatic heterocycles. The summed E-state index contributed by atoms with van der Waals surface area (Å²) in [5, 5.41) is 17.8. The molecule has 3 amide bonds. The average molecular weight is 500 g/mol. The lowest BCUT2D eigenvalue weighted by atomic mass is 9.95. The van der Waals surface area contributed by atoms with E-state index in [1.54, 1.807) is 24.3 Å². The summed E-state index contributed by atoms with van der Waals surface area (Å²) >= 11 is 12.2. The van der Waals surface area contributed by atoms with E-state index in [0.717, 1.165) is 11.4 Å². The molecule has 7 nitrogen and oxygen atoms in total. The number of hydrogen-bond acceptors (Lipinski definition) is 3. The molecule has 3 aromatic carbocycles. The predicted molar refractivity (Wildman–Crippen MR) is 133 cm³/mol. The van der Waals surface area contributed by atoms with Crippen LogP contribution in [0, 0.1) is 0 Å². The number of carbonyl (C=O) groups excluding carboxylic acids is 2. The Balaban J connectivity index is 1.58. The van der Waals surface area contributed by atoms with E-state index in [1.807, 2.05) is 25.2 Å². The van der Waals surface area contributed by atoms with Crippen LogP contribution in [0.15, 0.2) is 72.8 Å². The van der Waals surface area contributed by atoms with Gasteiger partial charge in [0.25, 0.3) is 11.6 Å². The van der Waals surface area contributed by atoms with Gasteiger partial charge in [0.2, 0.25) is 0 Å². The molecular formula is C25H25Cl2N4O3+. The summed E-state index contributed by atoms with van der Waals surface area (Å²) in [5.41, 5.74) is -0.264. The fraction of sp³-hybridized carbons (Fsp3) is 0.200. The average Bonchev–Trinajstić information content (AvgIpc) is 2.82. The Bertz CT molecular complexity index is 1210. The number of rotatable bonds is 7. The van der Waals surface area contributed by atoms with Crippen LogP contribution >= 0.6 is 23.2 Å². The van der Waals surface area contributed by atoms with Crippen molar-refractivity contribution in [1.29, 1.82) is 0 Å². The summed E-state index contributed by atoms with van der Waals surface area (Å²) in [5.74, 6) is -0.714. The molecule has 2 atom stereocenters. The van der Waals surface area contributed by atoms with Crippen molar-refractivity contribution in [3.05, 3.63) is 94.0 Å². The van der Waals surface area contributed by atoms with Gasteiger partial charge < -0.3 is 20.6 Å². The quantitative estimate of drug-likeness (QED) is 0.403. The Hall–Kier alpha value is -3.10. The third-order valence-electron chi connectivity index (χ3n) is 5.73. The number of para-hydroxylation sites is 1. The number of aliphatic hydroxyl groups is 1. The molecule has 1 heterocycles. The van der Waals surface area contributed by atoms with Gasteiger partial charge in [-0.05, 0) is 24.3 Å². The highest BCUT2D eigenvalue weighted by Gasteiger charge is 2.52. The number of carbonyl (C=O) groups is 2. The fourth-order valence-electron chi connectivity index (χ4n) is 4.03. The van der Waals surface area contributed by atoms with Gasteiger partial charge in [0, 0.05) is 11.1 Å². The maximum Gasteiger partial charge on any atom is 0.329 e. The molecule has 0 aromatic heterocycles. The fourth-order valence-corrected chi connectivity index (χ4v) is 4.32. The first-order valence-corrected chi connectivity index (χ1v) is 11.6. The number of amides is 3. The third-order valence-corrected chi connectivity index (χ3v) is 6.47. The van der Waals surface area contributed by atoms with Gasteiger partial charge in [0.05, 0.1) is 41.6 Å². The second-order valence-corrected chi connectivity index (χ2v) is 9.02. The number of urea groups is 1. The SMILES string of the molecule is C[NH+](CCNC(=O)C1(O)c2ccccc2NC(=O)N1c1ccc(Cl)c(Cl)c1)Cc1ccccc1. The number of halogens is 2. The summed E-state index contributed by atoms with van der Waals surface area (Å²) in [6.07, 6.45) is 0. The van der Waals surface area contributed by atoms with Crippen molar-refractivity contribution in [3.8, 4) is 0 Å². The Morgan fingerprint density at radius 3 is 2.50 bits per heavy atom. The van der Waals surface area contributed by atoms with Crippen LogP contribution < -0.4 is 20.4 Å². The molecule has 2 unspecified atom stereocenters. The van der Waals surface area contributed by atoms with Crippen molar-refractivity contribution in [2.75, 3.05) is 30.4 Å². The van der Waals surface area contributed by atoms with Crippen molar-refractivity contribution >= 4 is 46.5 Å². The zero-order valence-corrected chi connectivity index (χ0v) is 20.0. The maximum atomic E-state index is 13.5. The molecule has 0 radical (unpaired) electrons. The van der Waals surface area contributed by atoms with Crippen molar-refractivity contribution in [3.63, 3.8) is 0 Å². The molecule has 34 heavy (non-hydrogen) atoms. The zero-order valence-electron chi connectivity index (χ0n) is 18.5. The number of benzene rings is 3. The minimum absolute atomic E-state index is 0.194. The second-order valence-electron chi connectivity index (χ2n) is 8.21. The lowest BCUT2D eigenvalue weighted by Gasteiger charge is -2.42. The van der Waals surface area contributed by atoms with E-state index in [0.29, 0.717) is 23.8 Å². The van der Waals surface area contributed by atoms with Crippen molar-refractivity contribution in [1.82, 2.24) is 5.32 Å². The number of likely N-dealkylation sites (N-methyl/N-ethyl adjacent to an activating group) is 1. The minimum atomic E-state index is -2.29. The van der Waals surface area contributed by atoms with E-state index in [4.69, 9.17) is 23.2 Å². The molecule has 0 bridgehead atoms. The normalized spacial score (nSPS) is 18.1. The Morgan fingerprint density at radius 2 is 1.76 bits per heavy atom. The van der Waals surface area contributed by atoms with Crippen molar-refractivity contribution < 1.29 is 19.6 Å². The molecule has 0 saturated carbocycles. The number of fused-ring (bicyclic) bond motifs is 1. The maximum absolute atomic E-state index is 13.5. The lowest BCUT2D eigenvalue weighted by Crippen LogP contribution is -3.08. The molecule has 0 fully saturated rings. The minimum Gasteiger partial charge on any atom is -0.359 e. The van der Waals surface area contributed by atoms with Gasteiger partial charge in [0.1, 0.15) is 6.54 Å². The number of nitrogens with one attached hydrogen (secondary N) is 3. The molecular weight excluding hydrogens is 475 g/mol. The van der Waals surface area contributed by atoms with Crippen LogP contribution in [0.4, 0.5) is 16.2 Å². The third kappa shape index (κ3) is 4.74. The monoisotopic (exact) mass is 499 g/mol. The zero-order chi connectivity index (χ0) is 24.3. The molecule has 0 saturated heterocycles. The Kier molecular flexibility index (Phi) is 7.09.